The zero-order valence-corrected chi connectivity index (χ0v) is 13.5. The first-order chi connectivity index (χ1) is 11.1. The van der Waals surface area contributed by atoms with Crippen molar-refractivity contribution in [2.75, 3.05) is 18.4 Å². The number of ether oxygens (including phenoxy) is 1. The van der Waals surface area contributed by atoms with Crippen molar-refractivity contribution in [3.63, 3.8) is 0 Å². The number of carbonyl (C=O) groups excluding carboxylic acids is 2. The van der Waals surface area contributed by atoms with Gasteiger partial charge in [0.15, 0.2) is 0 Å². The number of amides is 2. The molecular formula is C17H23N3O3. The van der Waals surface area contributed by atoms with Gasteiger partial charge in [0.25, 0.3) is 0 Å². The molecule has 0 aromatic carbocycles. The van der Waals surface area contributed by atoms with Crippen LogP contribution in [0.2, 0.25) is 0 Å². The molecule has 124 valence electrons. The molecule has 1 aliphatic heterocycles. The van der Waals surface area contributed by atoms with Crippen LogP contribution >= 0.6 is 0 Å². The molecule has 1 aliphatic carbocycles. The van der Waals surface area contributed by atoms with Gasteiger partial charge >= 0.3 is 0 Å². The van der Waals surface area contributed by atoms with Crippen LogP contribution in [0.3, 0.4) is 0 Å². The van der Waals surface area contributed by atoms with Gasteiger partial charge in [-0.1, -0.05) is 6.42 Å². The fourth-order valence-electron chi connectivity index (χ4n) is 2.90. The monoisotopic (exact) mass is 317 g/mol. The van der Waals surface area contributed by atoms with Crippen molar-refractivity contribution in [3.05, 3.63) is 18.3 Å². The molecule has 0 atom stereocenters. The minimum Gasteiger partial charge on any atom is -0.474 e. The number of pyridine rings is 1. The Morgan fingerprint density at radius 3 is 2.48 bits per heavy atom. The molecular weight excluding hydrogens is 294 g/mol. The number of aromatic nitrogens is 1. The van der Waals surface area contributed by atoms with Crippen LogP contribution < -0.4 is 10.1 Å². The molecule has 6 nitrogen and oxygen atoms in total. The van der Waals surface area contributed by atoms with Crippen LogP contribution in [-0.4, -0.2) is 40.9 Å². The van der Waals surface area contributed by atoms with Crippen molar-refractivity contribution in [2.45, 2.75) is 45.1 Å². The number of nitrogens with zero attached hydrogens (tertiary/aromatic N) is 2. The SMILES string of the molecule is CC(=O)N1CCC(Oc2ccc(NC(=O)C3CCC3)cn2)CC1. The Morgan fingerprint density at radius 2 is 1.96 bits per heavy atom. The van der Waals surface area contributed by atoms with Crippen LogP contribution in [0.25, 0.3) is 0 Å². The van der Waals surface area contributed by atoms with Gasteiger partial charge in [0.2, 0.25) is 17.7 Å². The van der Waals surface area contributed by atoms with Crippen molar-refractivity contribution in [3.8, 4) is 5.88 Å². The molecule has 1 saturated carbocycles. The Kier molecular flexibility index (Phi) is 4.79. The summed E-state index contributed by atoms with van der Waals surface area (Å²) in [5.41, 5.74) is 0.709. The molecule has 0 bridgehead atoms. The largest absolute Gasteiger partial charge is 0.474 e. The van der Waals surface area contributed by atoms with E-state index in [1.165, 1.54) is 0 Å². The van der Waals surface area contributed by atoms with E-state index in [9.17, 15) is 9.59 Å². The minimum absolute atomic E-state index is 0.0864. The van der Waals surface area contributed by atoms with Crippen LogP contribution in [-0.2, 0) is 9.59 Å². The third kappa shape index (κ3) is 4.00. The average molecular weight is 317 g/mol. The Morgan fingerprint density at radius 1 is 1.22 bits per heavy atom. The number of carbonyl (C=O) groups is 2. The standard InChI is InChI=1S/C17H23N3O3/c1-12(21)20-9-7-15(8-10-20)23-16-6-5-14(11-18-16)19-17(22)13-3-2-4-13/h5-6,11,13,15H,2-4,7-10H2,1H3,(H,19,22). The summed E-state index contributed by atoms with van der Waals surface area (Å²) in [6.45, 7) is 3.06. The van der Waals surface area contributed by atoms with Crippen molar-refractivity contribution in [1.29, 1.82) is 0 Å². The lowest BCUT2D eigenvalue weighted by molar-refractivity contribution is -0.130. The predicted molar refractivity (Wildman–Crippen MR) is 86.1 cm³/mol. The highest BCUT2D eigenvalue weighted by Crippen LogP contribution is 2.27. The van der Waals surface area contributed by atoms with Crippen molar-refractivity contribution in [1.82, 2.24) is 9.88 Å². The second kappa shape index (κ2) is 6.98. The van der Waals surface area contributed by atoms with Crippen molar-refractivity contribution < 1.29 is 14.3 Å². The Balaban J connectivity index is 1.48. The zero-order chi connectivity index (χ0) is 16.2. The second-order valence-electron chi connectivity index (χ2n) is 6.33. The molecule has 1 saturated heterocycles. The van der Waals surface area contributed by atoms with Gasteiger partial charge in [-0.05, 0) is 18.9 Å². The molecule has 2 aliphatic rings. The summed E-state index contributed by atoms with van der Waals surface area (Å²) >= 11 is 0. The summed E-state index contributed by atoms with van der Waals surface area (Å²) in [7, 11) is 0. The Hall–Kier alpha value is -2.11. The van der Waals surface area contributed by atoms with Crippen LogP contribution in [0.4, 0.5) is 5.69 Å². The van der Waals surface area contributed by atoms with Crippen molar-refractivity contribution >= 4 is 17.5 Å². The van der Waals surface area contributed by atoms with Gasteiger partial charge < -0.3 is 15.0 Å². The topological polar surface area (TPSA) is 71.5 Å². The van der Waals surface area contributed by atoms with Gasteiger partial charge in [0.05, 0.1) is 11.9 Å². The Labute approximate surface area is 136 Å². The van der Waals surface area contributed by atoms with Crippen LogP contribution in [0, 0.1) is 5.92 Å². The quantitative estimate of drug-likeness (QED) is 0.924. The van der Waals surface area contributed by atoms with Gasteiger partial charge in [-0.25, -0.2) is 4.98 Å². The highest BCUT2D eigenvalue weighted by atomic mass is 16.5. The van der Waals surface area contributed by atoms with E-state index >= 15 is 0 Å². The summed E-state index contributed by atoms with van der Waals surface area (Å²) in [6, 6.07) is 3.61. The molecule has 0 radical (unpaired) electrons. The lowest BCUT2D eigenvalue weighted by atomic mass is 9.85. The van der Waals surface area contributed by atoms with E-state index in [2.05, 4.69) is 10.3 Å². The van der Waals surface area contributed by atoms with Gasteiger partial charge in [-0.3, -0.25) is 9.59 Å². The van der Waals surface area contributed by atoms with E-state index in [-0.39, 0.29) is 23.8 Å². The summed E-state index contributed by atoms with van der Waals surface area (Å²) in [6.07, 6.45) is 6.48. The summed E-state index contributed by atoms with van der Waals surface area (Å²) in [4.78, 5) is 29.3. The predicted octanol–water partition coefficient (Wildman–Crippen LogP) is 2.21. The molecule has 1 aromatic heterocycles. The van der Waals surface area contributed by atoms with Gasteiger partial charge in [0, 0.05) is 44.8 Å². The highest BCUT2D eigenvalue weighted by molar-refractivity contribution is 5.92. The number of hydrogen-bond donors (Lipinski definition) is 1. The lowest BCUT2D eigenvalue weighted by Crippen LogP contribution is -2.40. The number of anilines is 1. The summed E-state index contributed by atoms with van der Waals surface area (Å²) in [5.74, 6) is 0.932. The van der Waals surface area contributed by atoms with Crippen LogP contribution in [0.1, 0.15) is 39.0 Å². The van der Waals surface area contributed by atoms with E-state index in [1.807, 2.05) is 11.0 Å². The number of piperidine rings is 1. The third-order valence-electron chi connectivity index (χ3n) is 4.65. The van der Waals surface area contributed by atoms with Gasteiger partial charge in [0.1, 0.15) is 6.10 Å². The number of hydrogen-bond acceptors (Lipinski definition) is 4. The third-order valence-corrected chi connectivity index (χ3v) is 4.65. The number of nitrogens with one attached hydrogen (secondary N) is 1. The lowest BCUT2D eigenvalue weighted by Gasteiger charge is -2.31. The maximum Gasteiger partial charge on any atom is 0.227 e. The first-order valence-electron chi connectivity index (χ1n) is 8.31. The molecule has 2 heterocycles. The molecule has 2 amide bonds. The number of rotatable bonds is 4. The minimum atomic E-state index is 0.0864. The summed E-state index contributed by atoms with van der Waals surface area (Å²) < 4.78 is 5.86. The van der Waals surface area contributed by atoms with E-state index in [1.54, 1.807) is 19.2 Å². The Bertz CT molecular complexity index is 561. The second-order valence-corrected chi connectivity index (χ2v) is 6.33. The van der Waals surface area contributed by atoms with Crippen LogP contribution in [0.5, 0.6) is 5.88 Å². The molecule has 6 heteroatoms. The molecule has 1 aromatic rings. The first kappa shape index (κ1) is 15.8. The summed E-state index contributed by atoms with van der Waals surface area (Å²) in [5, 5.41) is 2.89. The van der Waals surface area contributed by atoms with E-state index in [0.717, 1.165) is 45.2 Å². The molecule has 0 unspecified atom stereocenters. The number of likely N-dealkylation sites (tertiary alicyclic amines) is 1. The van der Waals surface area contributed by atoms with E-state index < -0.39 is 0 Å². The van der Waals surface area contributed by atoms with Crippen molar-refractivity contribution in [2.24, 2.45) is 5.92 Å². The maximum absolute atomic E-state index is 11.9. The van der Waals surface area contributed by atoms with Gasteiger partial charge in [-0.15, -0.1) is 0 Å². The van der Waals surface area contributed by atoms with E-state index in [0.29, 0.717) is 11.6 Å². The fourth-order valence-corrected chi connectivity index (χ4v) is 2.90. The molecule has 3 rings (SSSR count). The molecule has 2 fully saturated rings. The first-order valence-corrected chi connectivity index (χ1v) is 8.31. The average Bonchev–Trinajstić information content (AvgIpc) is 2.48. The molecule has 0 spiro atoms. The smallest absolute Gasteiger partial charge is 0.227 e. The maximum atomic E-state index is 11.9. The highest BCUT2D eigenvalue weighted by Gasteiger charge is 2.25. The van der Waals surface area contributed by atoms with Gasteiger partial charge in [-0.2, -0.15) is 0 Å². The molecule has 23 heavy (non-hydrogen) atoms. The fraction of sp³-hybridized carbons (Fsp3) is 0.588. The van der Waals surface area contributed by atoms with Crippen LogP contribution in [0.15, 0.2) is 18.3 Å². The van der Waals surface area contributed by atoms with E-state index in [4.69, 9.17) is 4.74 Å². The molecule has 1 N–H and O–H groups in total. The zero-order valence-electron chi connectivity index (χ0n) is 13.5. The normalized spacial score (nSPS) is 19.1.